The lowest BCUT2D eigenvalue weighted by Crippen LogP contribution is -2.43. The maximum atomic E-state index is 12.5. The number of piperidine rings is 1. The molecule has 0 bridgehead atoms. The van der Waals surface area contributed by atoms with E-state index in [9.17, 15) is 9.59 Å². The third-order valence-corrected chi connectivity index (χ3v) is 4.81. The van der Waals surface area contributed by atoms with Crippen molar-refractivity contribution in [3.05, 3.63) is 11.1 Å². The first-order valence-electron chi connectivity index (χ1n) is 8.18. The van der Waals surface area contributed by atoms with Gasteiger partial charge in [0.1, 0.15) is 0 Å². The van der Waals surface area contributed by atoms with E-state index in [0.717, 1.165) is 18.8 Å². The van der Waals surface area contributed by atoms with Gasteiger partial charge in [-0.1, -0.05) is 34.6 Å². The van der Waals surface area contributed by atoms with Gasteiger partial charge in [0.15, 0.2) is 5.13 Å². The first kappa shape index (κ1) is 17.9. The number of hydrogen-bond acceptors (Lipinski definition) is 4. The highest BCUT2D eigenvalue weighted by Gasteiger charge is 2.26. The average molecular weight is 337 g/mol. The van der Waals surface area contributed by atoms with Gasteiger partial charge in [-0.15, -0.1) is 11.3 Å². The molecule has 23 heavy (non-hydrogen) atoms. The Kier molecular flexibility index (Phi) is 5.45. The summed E-state index contributed by atoms with van der Waals surface area (Å²) < 4.78 is 0. The van der Waals surface area contributed by atoms with E-state index in [-0.39, 0.29) is 11.8 Å². The van der Waals surface area contributed by atoms with Gasteiger partial charge in [0.25, 0.3) is 0 Å². The van der Waals surface area contributed by atoms with Gasteiger partial charge in [0.2, 0.25) is 11.8 Å². The largest absolute Gasteiger partial charge is 0.342 e. The number of aromatic nitrogens is 1. The normalized spacial score (nSPS) is 22.0. The van der Waals surface area contributed by atoms with Crippen molar-refractivity contribution < 1.29 is 9.59 Å². The summed E-state index contributed by atoms with van der Waals surface area (Å²) in [6.07, 6.45) is 1.49. The molecular formula is C17H27N3O2S. The molecule has 2 unspecified atom stereocenters. The van der Waals surface area contributed by atoms with Crippen LogP contribution in [0.5, 0.6) is 0 Å². The van der Waals surface area contributed by atoms with Gasteiger partial charge in [-0.25, -0.2) is 4.98 Å². The Morgan fingerprint density at radius 1 is 1.30 bits per heavy atom. The standard InChI is InChI=1S/C17H27N3O2S/c1-11-6-12(2)9-20(8-11)14(21)7-13-10-23-16(18-13)19-15(22)17(3,4)5/h10-12H,6-9H2,1-5H3,(H,18,19,22). The third kappa shape index (κ3) is 5.03. The minimum Gasteiger partial charge on any atom is -0.342 e. The van der Waals surface area contributed by atoms with Crippen LogP contribution in [0.2, 0.25) is 0 Å². The molecule has 6 heteroatoms. The molecule has 2 amide bonds. The molecular weight excluding hydrogens is 310 g/mol. The zero-order valence-corrected chi connectivity index (χ0v) is 15.5. The van der Waals surface area contributed by atoms with Gasteiger partial charge < -0.3 is 10.2 Å². The van der Waals surface area contributed by atoms with E-state index in [4.69, 9.17) is 0 Å². The van der Waals surface area contributed by atoms with Crippen LogP contribution >= 0.6 is 11.3 Å². The highest BCUT2D eigenvalue weighted by atomic mass is 32.1. The van der Waals surface area contributed by atoms with Crippen molar-refractivity contribution in [2.75, 3.05) is 18.4 Å². The second kappa shape index (κ2) is 6.99. The van der Waals surface area contributed by atoms with E-state index in [2.05, 4.69) is 24.1 Å². The molecule has 0 aliphatic carbocycles. The molecule has 1 fully saturated rings. The van der Waals surface area contributed by atoms with Crippen LogP contribution in [0.1, 0.15) is 46.7 Å². The van der Waals surface area contributed by atoms with Gasteiger partial charge in [-0.2, -0.15) is 0 Å². The molecule has 0 saturated carbocycles. The summed E-state index contributed by atoms with van der Waals surface area (Å²) in [4.78, 5) is 30.7. The van der Waals surface area contributed by atoms with Crippen LogP contribution in [-0.2, 0) is 16.0 Å². The fourth-order valence-electron chi connectivity index (χ4n) is 2.86. The third-order valence-electron chi connectivity index (χ3n) is 4.01. The van der Waals surface area contributed by atoms with E-state index in [0.29, 0.717) is 23.4 Å². The molecule has 0 spiro atoms. The van der Waals surface area contributed by atoms with Crippen molar-refractivity contribution in [1.29, 1.82) is 0 Å². The van der Waals surface area contributed by atoms with Gasteiger partial charge >= 0.3 is 0 Å². The number of amides is 2. The summed E-state index contributed by atoms with van der Waals surface area (Å²) in [5.74, 6) is 1.17. The molecule has 5 nitrogen and oxygen atoms in total. The Hall–Kier alpha value is -1.43. The highest BCUT2D eigenvalue weighted by molar-refractivity contribution is 7.13. The maximum Gasteiger partial charge on any atom is 0.231 e. The summed E-state index contributed by atoms with van der Waals surface area (Å²) in [6.45, 7) is 11.6. The predicted molar refractivity (Wildman–Crippen MR) is 93.4 cm³/mol. The van der Waals surface area contributed by atoms with Gasteiger partial charge in [0.05, 0.1) is 12.1 Å². The van der Waals surface area contributed by atoms with Gasteiger partial charge in [-0.05, 0) is 18.3 Å². The summed E-state index contributed by atoms with van der Waals surface area (Å²) in [5, 5.41) is 5.23. The van der Waals surface area contributed by atoms with E-state index >= 15 is 0 Å². The lowest BCUT2D eigenvalue weighted by molar-refractivity contribution is -0.133. The van der Waals surface area contributed by atoms with Crippen molar-refractivity contribution in [1.82, 2.24) is 9.88 Å². The van der Waals surface area contributed by atoms with Crippen LogP contribution < -0.4 is 5.32 Å². The lowest BCUT2D eigenvalue weighted by atomic mass is 9.92. The minimum atomic E-state index is -0.457. The zero-order valence-electron chi connectivity index (χ0n) is 14.7. The zero-order chi connectivity index (χ0) is 17.2. The molecule has 0 aromatic carbocycles. The Morgan fingerprint density at radius 3 is 2.48 bits per heavy atom. The number of rotatable bonds is 3. The van der Waals surface area contributed by atoms with E-state index in [1.807, 2.05) is 31.1 Å². The fourth-order valence-corrected chi connectivity index (χ4v) is 3.57. The molecule has 1 aromatic heterocycles. The second-order valence-electron chi connectivity index (χ2n) is 7.77. The van der Waals surface area contributed by atoms with Crippen LogP contribution in [0, 0.1) is 17.3 Å². The Labute approximate surface area is 142 Å². The van der Waals surface area contributed by atoms with E-state index < -0.39 is 5.41 Å². The minimum absolute atomic E-state index is 0.0663. The van der Waals surface area contributed by atoms with E-state index in [1.54, 1.807) is 0 Å². The molecule has 1 N–H and O–H groups in total. The molecule has 128 valence electrons. The second-order valence-corrected chi connectivity index (χ2v) is 8.63. The van der Waals surface area contributed by atoms with Crippen LogP contribution in [0.15, 0.2) is 5.38 Å². The number of nitrogens with one attached hydrogen (secondary N) is 1. The Bertz CT molecular complexity index is 567. The SMILES string of the molecule is CC1CC(C)CN(C(=O)Cc2csc(NC(=O)C(C)(C)C)n2)C1. The summed E-state index contributed by atoms with van der Waals surface area (Å²) in [6, 6.07) is 0. The fraction of sp³-hybridized carbons (Fsp3) is 0.706. The number of carbonyl (C=O) groups excluding carboxylic acids is 2. The van der Waals surface area contributed by atoms with Crippen molar-refractivity contribution in [2.45, 2.75) is 47.5 Å². The quantitative estimate of drug-likeness (QED) is 0.921. The Morgan fingerprint density at radius 2 is 1.91 bits per heavy atom. The summed E-state index contributed by atoms with van der Waals surface area (Å²) >= 11 is 1.37. The monoisotopic (exact) mass is 337 g/mol. The summed E-state index contributed by atoms with van der Waals surface area (Å²) in [5.41, 5.74) is 0.275. The molecule has 2 atom stereocenters. The van der Waals surface area contributed by atoms with Gasteiger partial charge in [0, 0.05) is 23.9 Å². The number of anilines is 1. The van der Waals surface area contributed by atoms with Crippen LogP contribution in [-0.4, -0.2) is 34.8 Å². The molecule has 1 aliphatic rings. The number of likely N-dealkylation sites (tertiary alicyclic amines) is 1. The maximum absolute atomic E-state index is 12.5. The predicted octanol–water partition coefficient (Wildman–Crippen LogP) is 3.17. The molecule has 1 saturated heterocycles. The van der Waals surface area contributed by atoms with Crippen LogP contribution in [0.3, 0.4) is 0 Å². The topological polar surface area (TPSA) is 62.3 Å². The molecule has 2 rings (SSSR count). The molecule has 1 aromatic rings. The number of nitrogens with zero attached hydrogens (tertiary/aromatic N) is 2. The average Bonchev–Trinajstić information content (AvgIpc) is 2.83. The van der Waals surface area contributed by atoms with Crippen molar-refractivity contribution >= 4 is 28.3 Å². The Balaban J connectivity index is 1.93. The molecule has 0 radical (unpaired) electrons. The number of carbonyl (C=O) groups is 2. The van der Waals surface area contributed by atoms with Gasteiger partial charge in [-0.3, -0.25) is 9.59 Å². The lowest BCUT2D eigenvalue weighted by Gasteiger charge is -2.35. The first-order valence-corrected chi connectivity index (χ1v) is 9.06. The number of hydrogen-bond donors (Lipinski definition) is 1. The van der Waals surface area contributed by atoms with Crippen LogP contribution in [0.25, 0.3) is 0 Å². The van der Waals surface area contributed by atoms with Crippen molar-refractivity contribution in [3.63, 3.8) is 0 Å². The first-order chi connectivity index (χ1) is 10.6. The number of thiazole rings is 1. The molecule has 1 aliphatic heterocycles. The molecule has 2 heterocycles. The van der Waals surface area contributed by atoms with Crippen molar-refractivity contribution in [3.8, 4) is 0 Å². The smallest absolute Gasteiger partial charge is 0.231 e. The summed E-state index contributed by atoms with van der Waals surface area (Å²) in [7, 11) is 0. The van der Waals surface area contributed by atoms with Crippen LogP contribution in [0.4, 0.5) is 5.13 Å². The van der Waals surface area contributed by atoms with Crippen molar-refractivity contribution in [2.24, 2.45) is 17.3 Å². The van der Waals surface area contributed by atoms with E-state index in [1.165, 1.54) is 17.8 Å². The highest BCUT2D eigenvalue weighted by Crippen LogP contribution is 2.23.